The Bertz CT molecular complexity index is 866. The lowest BCUT2D eigenvalue weighted by Crippen LogP contribution is -2.53. The Kier molecular flexibility index (Phi) is 8.48. The van der Waals surface area contributed by atoms with Crippen LogP contribution in [0.1, 0.15) is 90.9 Å². The van der Waals surface area contributed by atoms with Gasteiger partial charge in [0.2, 0.25) is 11.8 Å². The number of likely N-dealkylation sites (N-methyl/N-ethyl adjacent to an activating group) is 1. The number of aliphatic hydroxyl groups excluding tert-OH is 1. The minimum Gasteiger partial charge on any atom is -0.393 e. The molecule has 7 heteroatoms. The average Bonchev–Trinajstić information content (AvgIpc) is 3.47. The van der Waals surface area contributed by atoms with Crippen molar-refractivity contribution in [2.24, 2.45) is 40.4 Å². The van der Waals surface area contributed by atoms with Crippen molar-refractivity contribution in [2.75, 3.05) is 33.7 Å². The van der Waals surface area contributed by atoms with Gasteiger partial charge < -0.3 is 26.0 Å². The number of rotatable bonds is 8. The summed E-state index contributed by atoms with van der Waals surface area (Å²) in [6.07, 6.45) is 13.4. The van der Waals surface area contributed by atoms with E-state index >= 15 is 0 Å². The molecule has 4 saturated carbocycles. The normalized spacial score (nSPS) is 44.3. The fourth-order valence-corrected chi connectivity index (χ4v) is 9.99. The van der Waals surface area contributed by atoms with Crippen molar-refractivity contribution in [3.63, 3.8) is 0 Å². The van der Waals surface area contributed by atoms with Crippen molar-refractivity contribution in [2.45, 2.75) is 109 Å². The van der Waals surface area contributed by atoms with Gasteiger partial charge in [-0.1, -0.05) is 13.8 Å². The number of hydrogen-bond donors (Lipinski definition) is 4. The number of carbonyl (C=O) groups is 2. The van der Waals surface area contributed by atoms with E-state index in [9.17, 15) is 14.7 Å². The third-order valence-corrected chi connectivity index (χ3v) is 12.2. The zero-order chi connectivity index (χ0) is 27.1. The zero-order valence-corrected chi connectivity index (χ0v) is 24.4. The fourth-order valence-electron chi connectivity index (χ4n) is 9.99. The monoisotopic (exact) mass is 530 g/mol. The Balaban J connectivity index is 1.09. The molecule has 216 valence electrons. The number of fused-ring (bicyclic) bond motifs is 5. The first-order valence-electron chi connectivity index (χ1n) is 15.7. The minimum absolute atomic E-state index is 0.0384. The third kappa shape index (κ3) is 5.54. The highest BCUT2D eigenvalue weighted by Crippen LogP contribution is 2.67. The van der Waals surface area contributed by atoms with Crippen molar-refractivity contribution in [3.05, 3.63) is 0 Å². The van der Waals surface area contributed by atoms with Crippen LogP contribution in [0.5, 0.6) is 0 Å². The summed E-state index contributed by atoms with van der Waals surface area (Å²) in [5, 5.41) is 19.8. The van der Waals surface area contributed by atoms with Gasteiger partial charge in [-0.15, -0.1) is 0 Å². The predicted molar refractivity (Wildman–Crippen MR) is 150 cm³/mol. The maximum atomic E-state index is 12.9. The van der Waals surface area contributed by atoms with Crippen LogP contribution in [0.2, 0.25) is 0 Å². The molecule has 7 nitrogen and oxygen atoms in total. The van der Waals surface area contributed by atoms with Gasteiger partial charge in [0, 0.05) is 32.1 Å². The van der Waals surface area contributed by atoms with Crippen LogP contribution < -0.4 is 16.0 Å². The first kappa shape index (κ1) is 28.4. The van der Waals surface area contributed by atoms with Crippen LogP contribution >= 0.6 is 0 Å². The molecular formula is C31H54N4O3. The van der Waals surface area contributed by atoms with E-state index in [1.54, 1.807) is 0 Å². The lowest BCUT2D eigenvalue weighted by molar-refractivity contribution is -0.128. The molecule has 5 rings (SSSR count). The van der Waals surface area contributed by atoms with E-state index in [0.717, 1.165) is 43.6 Å². The van der Waals surface area contributed by atoms with Crippen LogP contribution in [0.25, 0.3) is 0 Å². The number of nitrogens with zero attached hydrogens (tertiary/aromatic N) is 1. The smallest absolute Gasteiger partial charge is 0.237 e. The molecule has 10 atom stereocenters. The lowest BCUT2D eigenvalue weighted by Gasteiger charge is -2.61. The van der Waals surface area contributed by atoms with Crippen LogP contribution in [-0.2, 0) is 9.59 Å². The Morgan fingerprint density at radius 3 is 2.53 bits per heavy atom. The van der Waals surface area contributed by atoms with Crippen LogP contribution in [-0.4, -0.2) is 73.7 Å². The predicted octanol–water partition coefficient (Wildman–Crippen LogP) is 3.31. The molecule has 2 amide bonds. The molecular weight excluding hydrogens is 476 g/mol. The standard InChI is InChI=1S/C31H54N4O3/c1-30-14-12-26-24(8-5-21-17-23(36)11-13-31(21,26)2)25(30)9-6-20(30)7-10-28(37)34-22-18-27(33-19-22)29(38)32-15-16-35(3)4/h20-27,33,36H,5-19H2,1-4H3,(H,32,38)(H,34,37)/t20?,21?,22-,23+,24?,25?,26?,27-,30+,31-/m0/s1. The molecule has 0 radical (unpaired) electrons. The molecule has 0 bridgehead atoms. The molecule has 0 aromatic carbocycles. The highest BCUT2D eigenvalue weighted by Gasteiger charge is 2.59. The summed E-state index contributed by atoms with van der Waals surface area (Å²) in [5.74, 6) is 4.04. The quantitative estimate of drug-likeness (QED) is 0.386. The highest BCUT2D eigenvalue weighted by molar-refractivity contribution is 5.82. The molecule has 0 spiro atoms. The summed E-state index contributed by atoms with van der Waals surface area (Å²) in [6.45, 7) is 7.26. The van der Waals surface area contributed by atoms with Gasteiger partial charge in [0.15, 0.2) is 0 Å². The average molecular weight is 531 g/mol. The summed E-state index contributed by atoms with van der Waals surface area (Å²) >= 11 is 0. The molecule has 5 unspecified atom stereocenters. The van der Waals surface area contributed by atoms with Crippen molar-refractivity contribution in [1.29, 1.82) is 0 Å². The number of hydrogen-bond acceptors (Lipinski definition) is 5. The maximum absolute atomic E-state index is 12.9. The number of nitrogens with one attached hydrogen (secondary N) is 3. The fraction of sp³-hybridized carbons (Fsp3) is 0.935. The van der Waals surface area contributed by atoms with Gasteiger partial charge in [0.05, 0.1) is 12.1 Å². The van der Waals surface area contributed by atoms with Crippen molar-refractivity contribution in [3.8, 4) is 0 Å². The summed E-state index contributed by atoms with van der Waals surface area (Å²) in [7, 11) is 3.99. The Hall–Kier alpha value is -1.18. The Labute approximate surface area is 230 Å². The second-order valence-electron chi connectivity index (χ2n) is 14.5. The van der Waals surface area contributed by atoms with Crippen LogP contribution in [0.15, 0.2) is 0 Å². The summed E-state index contributed by atoms with van der Waals surface area (Å²) in [5.41, 5.74) is 0.807. The topological polar surface area (TPSA) is 93.7 Å². The van der Waals surface area contributed by atoms with E-state index in [0.29, 0.717) is 48.6 Å². The van der Waals surface area contributed by atoms with Crippen LogP contribution in [0.4, 0.5) is 0 Å². The Morgan fingerprint density at radius 2 is 1.74 bits per heavy atom. The highest BCUT2D eigenvalue weighted by atomic mass is 16.3. The minimum atomic E-state index is -0.212. The second kappa shape index (κ2) is 11.4. The first-order valence-corrected chi connectivity index (χ1v) is 15.7. The third-order valence-electron chi connectivity index (χ3n) is 12.2. The van der Waals surface area contributed by atoms with Crippen molar-refractivity contribution in [1.82, 2.24) is 20.9 Å². The molecule has 4 aliphatic carbocycles. The molecule has 38 heavy (non-hydrogen) atoms. The van der Waals surface area contributed by atoms with E-state index in [4.69, 9.17) is 0 Å². The molecule has 0 aromatic rings. The lowest BCUT2D eigenvalue weighted by atomic mass is 9.44. The van der Waals surface area contributed by atoms with Gasteiger partial charge >= 0.3 is 0 Å². The van der Waals surface area contributed by atoms with E-state index < -0.39 is 0 Å². The summed E-state index contributed by atoms with van der Waals surface area (Å²) in [4.78, 5) is 27.4. The number of amides is 2. The largest absolute Gasteiger partial charge is 0.393 e. The Morgan fingerprint density at radius 1 is 0.974 bits per heavy atom. The van der Waals surface area contributed by atoms with E-state index in [-0.39, 0.29) is 30.0 Å². The molecule has 1 aliphatic heterocycles. The van der Waals surface area contributed by atoms with Gasteiger partial charge in [0.1, 0.15) is 0 Å². The zero-order valence-electron chi connectivity index (χ0n) is 24.4. The van der Waals surface area contributed by atoms with Crippen LogP contribution in [0, 0.1) is 40.4 Å². The maximum Gasteiger partial charge on any atom is 0.237 e. The molecule has 4 N–H and O–H groups in total. The van der Waals surface area contributed by atoms with Crippen molar-refractivity contribution >= 4 is 11.8 Å². The molecule has 1 saturated heterocycles. The number of carbonyl (C=O) groups excluding carboxylic acids is 2. The van der Waals surface area contributed by atoms with Gasteiger partial charge in [-0.25, -0.2) is 0 Å². The van der Waals surface area contributed by atoms with E-state index in [1.165, 1.54) is 44.9 Å². The SMILES string of the molecule is CN(C)CCNC(=O)[C@@H]1C[C@H](NC(=O)CCC2CCC3C4CCC5C[C@H](O)CC[C@]5(C)C4CC[C@]23C)CN1. The van der Waals surface area contributed by atoms with Gasteiger partial charge in [-0.2, -0.15) is 0 Å². The molecule has 5 aliphatic rings. The number of aliphatic hydroxyl groups is 1. The van der Waals surface area contributed by atoms with Gasteiger partial charge in [-0.05, 0) is 125 Å². The van der Waals surface area contributed by atoms with Crippen molar-refractivity contribution < 1.29 is 14.7 Å². The first-order chi connectivity index (χ1) is 18.1. The summed E-state index contributed by atoms with van der Waals surface area (Å²) in [6, 6.07) is -0.170. The second-order valence-corrected chi connectivity index (χ2v) is 14.5. The summed E-state index contributed by atoms with van der Waals surface area (Å²) < 4.78 is 0. The molecule has 1 heterocycles. The van der Waals surface area contributed by atoms with Crippen LogP contribution in [0.3, 0.4) is 0 Å². The van der Waals surface area contributed by atoms with E-state index in [1.807, 2.05) is 14.1 Å². The van der Waals surface area contributed by atoms with Gasteiger partial charge in [0.25, 0.3) is 0 Å². The van der Waals surface area contributed by atoms with Gasteiger partial charge in [-0.3, -0.25) is 9.59 Å². The van der Waals surface area contributed by atoms with E-state index in [2.05, 4.69) is 34.7 Å². The molecule has 5 fully saturated rings. The molecule has 0 aromatic heterocycles.